The molecule has 0 fully saturated rings. The molecule has 1 aliphatic heterocycles. The van der Waals surface area contributed by atoms with Crippen LogP contribution in [-0.2, 0) is 11.2 Å². The van der Waals surface area contributed by atoms with Crippen molar-refractivity contribution in [3.63, 3.8) is 0 Å². The van der Waals surface area contributed by atoms with E-state index in [2.05, 4.69) is 9.83 Å². The molecule has 3 aromatic rings. The molecule has 1 amide bonds. The van der Waals surface area contributed by atoms with Gasteiger partial charge in [0.2, 0.25) is 5.91 Å². The molecule has 1 aromatic heterocycles. The molecule has 0 unspecified atom stereocenters. The van der Waals surface area contributed by atoms with Crippen LogP contribution in [0.25, 0.3) is 21.2 Å². The molecule has 2 aromatic carbocycles. The summed E-state index contributed by atoms with van der Waals surface area (Å²) in [5, 5.41) is 0.976. The minimum atomic E-state index is -0.454. The van der Waals surface area contributed by atoms with Gasteiger partial charge in [-0.15, -0.1) is 0 Å². The summed E-state index contributed by atoms with van der Waals surface area (Å²) in [6.45, 7) is 9.92. The summed E-state index contributed by atoms with van der Waals surface area (Å²) in [6.07, 6.45) is 3.08. The quantitative estimate of drug-likeness (QED) is 0.594. The summed E-state index contributed by atoms with van der Waals surface area (Å²) in [5.41, 5.74) is 2.84. The number of hydrogen-bond donors (Lipinski definition) is 1. The highest BCUT2D eigenvalue weighted by atomic mass is 19.1. The maximum atomic E-state index is 13.6. The number of nitrogens with one attached hydrogen (secondary N) is 1. The second-order valence-electron chi connectivity index (χ2n) is 7.90. The topological polar surface area (TPSA) is 57.5 Å². The highest BCUT2D eigenvalue weighted by Crippen LogP contribution is 2.31. The van der Waals surface area contributed by atoms with Gasteiger partial charge in [-0.2, -0.15) is 0 Å². The van der Waals surface area contributed by atoms with Gasteiger partial charge in [0.05, 0.1) is 12.0 Å². The molecule has 162 valence electrons. The number of benzene rings is 2. The molecular formula is C25H21F2N3O2. The third kappa shape index (κ3) is 4.30. The van der Waals surface area contributed by atoms with Gasteiger partial charge >= 0.3 is 0 Å². The van der Waals surface area contributed by atoms with E-state index in [1.165, 1.54) is 24.3 Å². The van der Waals surface area contributed by atoms with Crippen LogP contribution in [0, 0.1) is 25.1 Å². The first-order chi connectivity index (χ1) is 15.4. The fourth-order valence-electron chi connectivity index (χ4n) is 4.10. The molecule has 2 heterocycles. The number of H-pyrrole nitrogens is 1. The number of carbonyl (C=O) groups is 1. The number of amides is 1. The number of aryl methyl sites for hydroxylation is 2. The number of halogens is 2. The van der Waals surface area contributed by atoms with Crippen molar-refractivity contribution in [1.29, 1.82) is 0 Å². The molecule has 0 saturated heterocycles. The Kier molecular flexibility index (Phi) is 5.87. The predicted octanol–water partition coefficient (Wildman–Crippen LogP) is 4.91. The molecule has 0 aliphatic carbocycles. The number of rotatable bonds is 4. The monoisotopic (exact) mass is 433 g/mol. The van der Waals surface area contributed by atoms with Crippen molar-refractivity contribution in [2.45, 2.75) is 26.2 Å². The average Bonchev–Trinajstić information content (AvgIpc) is 2.78. The fraction of sp³-hybridized carbons (Fsp3) is 0.240. The van der Waals surface area contributed by atoms with E-state index in [4.69, 9.17) is 6.57 Å². The van der Waals surface area contributed by atoms with Crippen LogP contribution in [0.2, 0.25) is 0 Å². The number of nitrogens with zero attached hydrogens (tertiary/aromatic N) is 2. The van der Waals surface area contributed by atoms with Crippen LogP contribution in [0.15, 0.2) is 47.3 Å². The van der Waals surface area contributed by atoms with Gasteiger partial charge in [0.25, 0.3) is 5.56 Å². The van der Waals surface area contributed by atoms with Crippen molar-refractivity contribution in [3.8, 4) is 0 Å². The van der Waals surface area contributed by atoms with E-state index in [0.717, 1.165) is 5.57 Å². The van der Waals surface area contributed by atoms with Crippen molar-refractivity contribution >= 4 is 27.9 Å². The Hall–Kier alpha value is -3.79. The number of hydrogen-bond acceptors (Lipinski definition) is 2. The Morgan fingerprint density at radius 1 is 1.16 bits per heavy atom. The van der Waals surface area contributed by atoms with Crippen LogP contribution in [-0.4, -0.2) is 28.9 Å². The number of aromatic nitrogens is 1. The zero-order valence-corrected chi connectivity index (χ0v) is 17.5. The van der Waals surface area contributed by atoms with Crippen molar-refractivity contribution in [1.82, 2.24) is 9.88 Å². The summed E-state index contributed by atoms with van der Waals surface area (Å²) < 4.78 is 27.0. The van der Waals surface area contributed by atoms with E-state index in [0.29, 0.717) is 53.5 Å². The Morgan fingerprint density at radius 2 is 1.97 bits per heavy atom. The molecule has 0 atom stereocenters. The molecule has 0 spiro atoms. The Labute approximate surface area is 183 Å². The number of aromatic amines is 1. The van der Waals surface area contributed by atoms with Gasteiger partial charge in [0, 0.05) is 25.2 Å². The second kappa shape index (κ2) is 8.75. The summed E-state index contributed by atoms with van der Waals surface area (Å²) in [7, 11) is 0. The minimum absolute atomic E-state index is 0.0402. The Morgan fingerprint density at radius 3 is 2.69 bits per heavy atom. The molecule has 0 radical (unpaired) electrons. The summed E-state index contributed by atoms with van der Waals surface area (Å²) >= 11 is 0. The summed E-state index contributed by atoms with van der Waals surface area (Å²) in [5.74, 6) is -0.938. The molecule has 0 bridgehead atoms. The maximum Gasteiger partial charge on any atom is 0.256 e. The largest absolute Gasteiger partial charge is 0.339 e. The maximum absolute atomic E-state index is 13.6. The van der Waals surface area contributed by atoms with Gasteiger partial charge in [-0.05, 0) is 66.6 Å². The van der Waals surface area contributed by atoms with E-state index >= 15 is 0 Å². The minimum Gasteiger partial charge on any atom is -0.339 e. The molecule has 7 heteroatoms. The first-order valence-electron chi connectivity index (χ1n) is 10.3. The summed E-state index contributed by atoms with van der Waals surface area (Å²) in [6, 6.07) is 8.57. The molecule has 5 nitrogen and oxygen atoms in total. The number of carbonyl (C=O) groups excluding carboxylic acids is 1. The zero-order chi connectivity index (χ0) is 22.8. The molecular weight excluding hydrogens is 412 g/mol. The average molecular weight is 433 g/mol. The van der Waals surface area contributed by atoms with Gasteiger partial charge in [-0.3, -0.25) is 9.59 Å². The predicted molar refractivity (Wildman–Crippen MR) is 119 cm³/mol. The third-order valence-corrected chi connectivity index (χ3v) is 5.79. The molecule has 1 aliphatic rings. The lowest BCUT2D eigenvalue weighted by Gasteiger charge is -2.27. The summed E-state index contributed by atoms with van der Waals surface area (Å²) in [4.78, 5) is 32.9. The standard InChI is InChI=1S/C25H21F2N3O2/c1-15-11-18(27)12-22-21(15)14-19(29-25(22)32)4-6-24(31)30-9-7-16(8-10-30)20-5-3-17(26)13-23(20)28-2/h3,5,7,11-14H,4,6,8-10H2,1H3,(H,29,32). The normalized spacial score (nSPS) is 13.7. The lowest BCUT2D eigenvalue weighted by molar-refractivity contribution is -0.130. The molecule has 4 rings (SSSR count). The number of pyridine rings is 1. The lowest BCUT2D eigenvalue weighted by atomic mass is 9.97. The van der Waals surface area contributed by atoms with Crippen LogP contribution in [0.4, 0.5) is 14.5 Å². The van der Waals surface area contributed by atoms with Crippen LogP contribution < -0.4 is 5.56 Å². The highest BCUT2D eigenvalue weighted by molar-refractivity contribution is 5.85. The van der Waals surface area contributed by atoms with Gasteiger partial charge < -0.3 is 9.88 Å². The van der Waals surface area contributed by atoms with Gasteiger partial charge in [-0.1, -0.05) is 17.7 Å². The van der Waals surface area contributed by atoms with Crippen LogP contribution in [0.5, 0.6) is 0 Å². The molecule has 1 N–H and O–H groups in total. The lowest BCUT2D eigenvalue weighted by Crippen LogP contribution is -2.34. The van der Waals surface area contributed by atoms with E-state index < -0.39 is 11.6 Å². The third-order valence-electron chi connectivity index (χ3n) is 5.79. The van der Waals surface area contributed by atoms with Crippen molar-refractivity contribution in [2.75, 3.05) is 13.1 Å². The van der Waals surface area contributed by atoms with Crippen LogP contribution in [0.3, 0.4) is 0 Å². The second-order valence-corrected chi connectivity index (χ2v) is 7.90. The zero-order valence-electron chi connectivity index (χ0n) is 17.5. The van der Waals surface area contributed by atoms with E-state index in [-0.39, 0.29) is 23.6 Å². The SMILES string of the molecule is [C-]#[N+]c1cc(F)ccc1C1=CCN(C(=O)CCc2cc3c(C)cc(F)cc3c(=O)[nH]2)CC1. The first kappa shape index (κ1) is 21.4. The van der Waals surface area contributed by atoms with Gasteiger partial charge in [-0.25, -0.2) is 13.6 Å². The van der Waals surface area contributed by atoms with Crippen molar-refractivity contribution in [3.05, 3.63) is 92.7 Å². The van der Waals surface area contributed by atoms with E-state index in [1.54, 1.807) is 24.0 Å². The van der Waals surface area contributed by atoms with E-state index in [1.807, 2.05) is 6.08 Å². The van der Waals surface area contributed by atoms with Crippen molar-refractivity contribution < 1.29 is 13.6 Å². The fourth-order valence-corrected chi connectivity index (χ4v) is 4.10. The van der Waals surface area contributed by atoms with Crippen LogP contribution >= 0.6 is 0 Å². The van der Waals surface area contributed by atoms with Crippen LogP contribution in [0.1, 0.15) is 29.7 Å². The Bertz CT molecular complexity index is 1350. The smallest absolute Gasteiger partial charge is 0.256 e. The molecule has 32 heavy (non-hydrogen) atoms. The van der Waals surface area contributed by atoms with Gasteiger partial charge in [0.15, 0.2) is 5.69 Å². The number of fused-ring (bicyclic) bond motifs is 1. The first-order valence-corrected chi connectivity index (χ1v) is 10.3. The molecule has 0 saturated carbocycles. The highest BCUT2D eigenvalue weighted by Gasteiger charge is 2.19. The van der Waals surface area contributed by atoms with Crippen molar-refractivity contribution in [2.24, 2.45) is 0 Å². The Balaban J connectivity index is 1.44. The van der Waals surface area contributed by atoms with E-state index in [9.17, 15) is 18.4 Å². The van der Waals surface area contributed by atoms with Gasteiger partial charge in [0.1, 0.15) is 11.6 Å².